The Labute approximate surface area is 99.0 Å². The largest absolute Gasteiger partial charge is 0.341 e. The maximum absolute atomic E-state index is 4.34. The van der Waals surface area contributed by atoms with Crippen LogP contribution < -0.4 is 4.90 Å². The Morgan fingerprint density at radius 1 is 1.27 bits per heavy atom. The van der Waals surface area contributed by atoms with E-state index >= 15 is 0 Å². The summed E-state index contributed by atoms with van der Waals surface area (Å²) < 4.78 is 0.939. The molecule has 15 heavy (non-hydrogen) atoms. The summed E-state index contributed by atoms with van der Waals surface area (Å²) in [4.78, 5) is 11.0. The fraction of sp³-hybridized carbons (Fsp3) is 0.636. The fourth-order valence-corrected chi connectivity index (χ4v) is 2.14. The summed E-state index contributed by atoms with van der Waals surface area (Å²) in [5.41, 5.74) is 0. The molecular weight excluding hydrogens is 254 g/mol. The molecule has 1 saturated heterocycles. The van der Waals surface area contributed by atoms with Crippen LogP contribution in [0.25, 0.3) is 0 Å². The standard InChI is InChI=1S/C11H16BrN3/c1-9-3-2-5-15(6-4-9)11-13-7-10(12)8-14-11/h7-9H,2-6H2,1H3. The highest BCUT2D eigenvalue weighted by Gasteiger charge is 2.15. The number of nitrogens with zero attached hydrogens (tertiary/aromatic N) is 3. The molecule has 0 spiro atoms. The van der Waals surface area contributed by atoms with Crippen LogP contribution in [0.15, 0.2) is 16.9 Å². The van der Waals surface area contributed by atoms with E-state index in [1.807, 2.05) is 12.4 Å². The second-order valence-electron chi connectivity index (χ2n) is 4.22. The molecule has 2 heterocycles. The van der Waals surface area contributed by atoms with Gasteiger partial charge in [0.05, 0.1) is 4.47 Å². The topological polar surface area (TPSA) is 29.0 Å². The van der Waals surface area contributed by atoms with Crippen molar-refractivity contribution in [2.24, 2.45) is 5.92 Å². The van der Waals surface area contributed by atoms with Crippen LogP contribution in [0.3, 0.4) is 0 Å². The SMILES string of the molecule is CC1CCCN(c2ncc(Br)cn2)CC1. The van der Waals surface area contributed by atoms with Gasteiger partial charge >= 0.3 is 0 Å². The summed E-state index contributed by atoms with van der Waals surface area (Å²) in [6.45, 7) is 4.50. The van der Waals surface area contributed by atoms with Gasteiger partial charge in [-0.1, -0.05) is 6.92 Å². The Morgan fingerprint density at radius 2 is 2.00 bits per heavy atom. The lowest BCUT2D eigenvalue weighted by atomic mass is 10.0. The van der Waals surface area contributed by atoms with Gasteiger partial charge in [0.15, 0.2) is 0 Å². The van der Waals surface area contributed by atoms with Crippen LogP contribution in [0, 0.1) is 5.92 Å². The zero-order valence-electron chi connectivity index (χ0n) is 8.99. The fourth-order valence-electron chi connectivity index (χ4n) is 1.93. The number of anilines is 1. The molecular formula is C11H16BrN3. The van der Waals surface area contributed by atoms with Crippen LogP contribution >= 0.6 is 15.9 Å². The van der Waals surface area contributed by atoms with Gasteiger partial charge < -0.3 is 4.90 Å². The third kappa shape index (κ3) is 2.91. The summed E-state index contributed by atoms with van der Waals surface area (Å²) in [5.74, 6) is 1.71. The number of rotatable bonds is 1. The molecule has 1 aromatic heterocycles. The van der Waals surface area contributed by atoms with Crippen molar-refractivity contribution in [3.63, 3.8) is 0 Å². The molecule has 0 aromatic carbocycles. The van der Waals surface area contributed by atoms with Crippen molar-refractivity contribution in [1.29, 1.82) is 0 Å². The monoisotopic (exact) mass is 269 g/mol. The molecule has 1 atom stereocenters. The van der Waals surface area contributed by atoms with Crippen molar-refractivity contribution >= 4 is 21.9 Å². The molecule has 82 valence electrons. The van der Waals surface area contributed by atoms with Gasteiger partial charge in [-0.05, 0) is 41.1 Å². The van der Waals surface area contributed by atoms with E-state index in [1.54, 1.807) is 0 Å². The number of hydrogen-bond acceptors (Lipinski definition) is 3. The van der Waals surface area contributed by atoms with Crippen LogP contribution in [0.2, 0.25) is 0 Å². The minimum absolute atomic E-state index is 0.838. The van der Waals surface area contributed by atoms with Gasteiger partial charge in [0.1, 0.15) is 0 Å². The van der Waals surface area contributed by atoms with Crippen LogP contribution in [0.1, 0.15) is 26.2 Å². The van der Waals surface area contributed by atoms with Crippen LogP contribution in [0.5, 0.6) is 0 Å². The lowest BCUT2D eigenvalue weighted by Crippen LogP contribution is -2.26. The van der Waals surface area contributed by atoms with E-state index in [2.05, 4.69) is 37.7 Å². The van der Waals surface area contributed by atoms with E-state index in [-0.39, 0.29) is 0 Å². The summed E-state index contributed by atoms with van der Waals surface area (Å²) >= 11 is 3.35. The molecule has 2 rings (SSSR count). The molecule has 0 N–H and O–H groups in total. The van der Waals surface area contributed by atoms with Gasteiger partial charge in [0.25, 0.3) is 0 Å². The van der Waals surface area contributed by atoms with Gasteiger partial charge in [-0.25, -0.2) is 9.97 Å². The molecule has 0 aliphatic carbocycles. The minimum atomic E-state index is 0.838. The predicted molar refractivity (Wildman–Crippen MR) is 65.0 cm³/mol. The van der Waals surface area contributed by atoms with Gasteiger partial charge in [-0.15, -0.1) is 0 Å². The van der Waals surface area contributed by atoms with Crippen LogP contribution in [-0.2, 0) is 0 Å². The van der Waals surface area contributed by atoms with Crippen molar-refractivity contribution in [3.05, 3.63) is 16.9 Å². The first-order valence-electron chi connectivity index (χ1n) is 5.48. The first-order valence-corrected chi connectivity index (χ1v) is 6.27. The van der Waals surface area contributed by atoms with Crippen molar-refractivity contribution < 1.29 is 0 Å². The van der Waals surface area contributed by atoms with Crippen molar-refractivity contribution in [3.8, 4) is 0 Å². The highest BCUT2D eigenvalue weighted by atomic mass is 79.9. The summed E-state index contributed by atoms with van der Waals surface area (Å²) in [6, 6.07) is 0. The lowest BCUT2D eigenvalue weighted by molar-refractivity contribution is 0.521. The van der Waals surface area contributed by atoms with Crippen LogP contribution in [-0.4, -0.2) is 23.1 Å². The Bertz CT molecular complexity index is 312. The van der Waals surface area contributed by atoms with E-state index in [4.69, 9.17) is 0 Å². The number of halogens is 1. The molecule has 1 aromatic rings. The number of aromatic nitrogens is 2. The highest BCUT2D eigenvalue weighted by molar-refractivity contribution is 9.10. The Hall–Kier alpha value is -0.640. The van der Waals surface area contributed by atoms with E-state index in [9.17, 15) is 0 Å². The third-order valence-electron chi connectivity index (χ3n) is 2.91. The third-order valence-corrected chi connectivity index (χ3v) is 3.32. The zero-order chi connectivity index (χ0) is 10.7. The van der Waals surface area contributed by atoms with E-state index in [1.165, 1.54) is 19.3 Å². The molecule has 0 amide bonds. The van der Waals surface area contributed by atoms with E-state index < -0.39 is 0 Å². The molecule has 1 aliphatic rings. The Balaban J connectivity index is 2.06. The van der Waals surface area contributed by atoms with Gasteiger partial charge in [0, 0.05) is 25.5 Å². The second kappa shape index (κ2) is 4.92. The second-order valence-corrected chi connectivity index (χ2v) is 5.14. The van der Waals surface area contributed by atoms with Gasteiger partial charge in [-0.3, -0.25) is 0 Å². The summed E-state index contributed by atoms with van der Waals surface area (Å²) in [7, 11) is 0. The maximum Gasteiger partial charge on any atom is 0.225 e. The molecule has 0 bridgehead atoms. The van der Waals surface area contributed by atoms with Gasteiger partial charge in [-0.2, -0.15) is 0 Å². The summed E-state index contributed by atoms with van der Waals surface area (Å²) in [6.07, 6.45) is 7.46. The molecule has 3 nitrogen and oxygen atoms in total. The minimum Gasteiger partial charge on any atom is -0.341 e. The molecule has 1 aliphatic heterocycles. The highest BCUT2D eigenvalue weighted by Crippen LogP contribution is 2.19. The van der Waals surface area contributed by atoms with Crippen molar-refractivity contribution in [2.45, 2.75) is 26.2 Å². The molecule has 4 heteroatoms. The maximum atomic E-state index is 4.34. The molecule has 1 fully saturated rings. The van der Waals surface area contributed by atoms with Crippen molar-refractivity contribution in [2.75, 3.05) is 18.0 Å². The molecule has 0 saturated carbocycles. The first kappa shape index (κ1) is 10.9. The van der Waals surface area contributed by atoms with Crippen LogP contribution in [0.4, 0.5) is 5.95 Å². The van der Waals surface area contributed by atoms with Gasteiger partial charge in [0.2, 0.25) is 5.95 Å². The molecule has 0 radical (unpaired) electrons. The lowest BCUT2D eigenvalue weighted by Gasteiger charge is -2.19. The zero-order valence-corrected chi connectivity index (χ0v) is 10.6. The van der Waals surface area contributed by atoms with Crippen molar-refractivity contribution in [1.82, 2.24) is 9.97 Å². The predicted octanol–water partition coefficient (Wildman–Crippen LogP) is 2.87. The molecule has 1 unspecified atom stereocenters. The average Bonchev–Trinajstić information content (AvgIpc) is 2.44. The first-order chi connectivity index (χ1) is 7.25. The van der Waals surface area contributed by atoms with E-state index in [0.29, 0.717) is 0 Å². The quantitative estimate of drug-likeness (QED) is 0.785. The summed E-state index contributed by atoms with van der Waals surface area (Å²) in [5, 5.41) is 0. The van der Waals surface area contributed by atoms with E-state index in [0.717, 1.165) is 29.4 Å². The Morgan fingerprint density at radius 3 is 2.73 bits per heavy atom. The average molecular weight is 270 g/mol. The Kier molecular flexibility index (Phi) is 3.57. The normalized spacial score (nSPS) is 22.5. The smallest absolute Gasteiger partial charge is 0.225 e. The number of hydrogen-bond donors (Lipinski definition) is 0.